The lowest BCUT2D eigenvalue weighted by molar-refractivity contribution is -0.153. The Labute approximate surface area is 52.0 Å². The highest BCUT2D eigenvalue weighted by Gasteiger charge is 2.38. The number of nitrogens with two attached hydrogens (primary N) is 1. The van der Waals surface area contributed by atoms with Gasteiger partial charge in [-0.05, 0) is 6.92 Å². The zero-order valence-electron chi connectivity index (χ0n) is 4.96. The summed E-state index contributed by atoms with van der Waals surface area (Å²) < 4.78 is 4.18. The standard InChI is InChI=1S/C5H7NO3/c1-2-3(6)5(8)9-4(2)7/h2-3H,6H2,1H3/t2-,3?/m1/s1. The van der Waals surface area contributed by atoms with Crippen molar-refractivity contribution in [3.63, 3.8) is 0 Å². The third kappa shape index (κ3) is 0.810. The Kier molecular flexibility index (Phi) is 1.25. The highest BCUT2D eigenvalue weighted by molar-refractivity contribution is 5.98. The van der Waals surface area contributed by atoms with E-state index in [1.54, 1.807) is 6.92 Å². The minimum atomic E-state index is -0.752. The first-order chi connectivity index (χ1) is 4.13. The minimum Gasteiger partial charge on any atom is -0.392 e. The van der Waals surface area contributed by atoms with Crippen molar-refractivity contribution < 1.29 is 14.3 Å². The summed E-state index contributed by atoms with van der Waals surface area (Å²) in [6.07, 6.45) is 0. The lowest BCUT2D eigenvalue weighted by Crippen LogP contribution is -2.31. The van der Waals surface area contributed by atoms with Crippen molar-refractivity contribution in [2.75, 3.05) is 0 Å². The van der Waals surface area contributed by atoms with Crippen molar-refractivity contribution in [3.8, 4) is 0 Å². The molecule has 0 amide bonds. The molecule has 50 valence electrons. The number of carbonyl (C=O) groups excluding carboxylic acids is 2. The second-order valence-electron chi connectivity index (χ2n) is 2.05. The first kappa shape index (κ1) is 6.22. The fourth-order valence-corrected chi connectivity index (χ4v) is 0.611. The average molecular weight is 129 g/mol. The van der Waals surface area contributed by atoms with Gasteiger partial charge in [0.05, 0.1) is 5.92 Å². The van der Waals surface area contributed by atoms with E-state index in [0.717, 1.165) is 0 Å². The van der Waals surface area contributed by atoms with E-state index < -0.39 is 23.9 Å². The fourth-order valence-electron chi connectivity index (χ4n) is 0.611. The van der Waals surface area contributed by atoms with Crippen molar-refractivity contribution in [2.45, 2.75) is 13.0 Å². The van der Waals surface area contributed by atoms with E-state index in [1.165, 1.54) is 0 Å². The van der Waals surface area contributed by atoms with E-state index in [2.05, 4.69) is 4.74 Å². The summed E-state index contributed by atoms with van der Waals surface area (Å²) in [5, 5.41) is 0. The number of rotatable bonds is 0. The number of hydrogen-bond donors (Lipinski definition) is 1. The van der Waals surface area contributed by atoms with Crippen LogP contribution in [0.2, 0.25) is 0 Å². The van der Waals surface area contributed by atoms with E-state index in [9.17, 15) is 9.59 Å². The predicted octanol–water partition coefficient (Wildman–Crippen LogP) is -0.967. The number of carbonyl (C=O) groups is 2. The quantitative estimate of drug-likeness (QED) is 0.337. The van der Waals surface area contributed by atoms with Gasteiger partial charge >= 0.3 is 11.9 Å². The van der Waals surface area contributed by atoms with Crippen molar-refractivity contribution in [3.05, 3.63) is 0 Å². The molecule has 4 nitrogen and oxygen atoms in total. The summed E-state index contributed by atoms with van der Waals surface area (Å²) in [5.41, 5.74) is 5.22. The number of ether oxygens (including phenoxy) is 1. The summed E-state index contributed by atoms with van der Waals surface area (Å²) in [6, 6.07) is -0.752. The molecule has 1 saturated heterocycles. The van der Waals surface area contributed by atoms with Crippen LogP contribution < -0.4 is 5.73 Å². The molecule has 0 saturated carbocycles. The Balaban J connectivity index is 2.77. The Morgan fingerprint density at radius 1 is 1.44 bits per heavy atom. The van der Waals surface area contributed by atoms with Gasteiger partial charge in [-0.15, -0.1) is 0 Å². The maximum Gasteiger partial charge on any atom is 0.331 e. The van der Waals surface area contributed by atoms with Gasteiger partial charge in [-0.1, -0.05) is 0 Å². The third-order valence-electron chi connectivity index (χ3n) is 1.38. The maximum atomic E-state index is 10.5. The molecule has 1 aliphatic rings. The lowest BCUT2D eigenvalue weighted by Gasteiger charge is -1.97. The van der Waals surface area contributed by atoms with E-state index in [4.69, 9.17) is 5.73 Å². The Morgan fingerprint density at radius 2 is 2.00 bits per heavy atom. The van der Waals surface area contributed by atoms with Crippen LogP contribution in [-0.2, 0) is 14.3 Å². The molecule has 1 heterocycles. The van der Waals surface area contributed by atoms with Crippen LogP contribution in [-0.4, -0.2) is 18.0 Å². The van der Waals surface area contributed by atoms with Gasteiger partial charge in [0.15, 0.2) is 0 Å². The minimum absolute atomic E-state index is 0.475. The molecular weight excluding hydrogens is 122 g/mol. The molecule has 0 aromatic carbocycles. The summed E-state index contributed by atoms with van der Waals surface area (Å²) in [5.74, 6) is -1.61. The van der Waals surface area contributed by atoms with Crippen LogP contribution in [0.5, 0.6) is 0 Å². The number of hydrogen-bond acceptors (Lipinski definition) is 4. The van der Waals surface area contributed by atoms with Gasteiger partial charge in [0.25, 0.3) is 0 Å². The molecule has 2 N–H and O–H groups in total. The summed E-state index contributed by atoms with van der Waals surface area (Å²) in [4.78, 5) is 20.9. The molecule has 1 aliphatic heterocycles. The molecule has 1 fully saturated rings. The molecule has 0 bridgehead atoms. The molecule has 4 heteroatoms. The Hall–Kier alpha value is -0.900. The van der Waals surface area contributed by atoms with E-state index in [0.29, 0.717) is 0 Å². The molecule has 1 rings (SSSR count). The molecule has 2 atom stereocenters. The van der Waals surface area contributed by atoms with Gasteiger partial charge in [0.1, 0.15) is 6.04 Å². The summed E-state index contributed by atoms with van der Waals surface area (Å²) in [6.45, 7) is 1.57. The third-order valence-corrected chi connectivity index (χ3v) is 1.38. The van der Waals surface area contributed by atoms with Gasteiger partial charge in [-0.25, -0.2) is 4.79 Å². The van der Waals surface area contributed by atoms with Gasteiger partial charge in [-0.3, -0.25) is 4.79 Å². The van der Waals surface area contributed by atoms with Crippen LogP contribution in [0.15, 0.2) is 0 Å². The Bertz CT molecular complexity index is 148. The van der Waals surface area contributed by atoms with Crippen LogP contribution in [0.3, 0.4) is 0 Å². The molecular formula is C5H7NO3. The molecule has 0 aromatic rings. The van der Waals surface area contributed by atoms with Crippen LogP contribution in [0.1, 0.15) is 6.92 Å². The molecule has 9 heavy (non-hydrogen) atoms. The van der Waals surface area contributed by atoms with Crippen LogP contribution in [0, 0.1) is 5.92 Å². The van der Waals surface area contributed by atoms with Crippen LogP contribution in [0.4, 0.5) is 0 Å². The number of cyclic esters (lactones) is 2. The second-order valence-corrected chi connectivity index (χ2v) is 2.05. The largest absolute Gasteiger partial charge is 0.392 e. The zero-order valence-corrected chi connectivity index (χ0v) is 4.96. The Morgan fingerprint density at radius 3 is 2.11 bits per heavy atom. The van der Waals surface area contributed by atoms with Crippen molar-refractivity contribution in [1.82, 2.24) is 0 Å². The van der Waals surface area contributed by atoms with Gasteiger partial charge < -0.3 is 10.5 Å². The lowest BCUT2D eigenvalue weighted by atomic mass is 10.1. The highest BCUT2D eigenvalue weighted by Crippen LogP contribution is 2.12. The zero-order chi connectivity index (χ0) is 7.02. The van der Waals surface area contributed by atoms with Crippen LogP contribution >= 0.6 is 0 Å². The summed E-state index contributed by atoms with van der Waals surface area (Å²) in [7, 11) is 0. The van der Waals surface area contributed by atoms with Gasteiger partial charge in [0, 0.05) is 0 Å². The second kappa shape index (κ2) is 1.80. The van der Waals surface area contributed by atoms with Crippen LogP contribution in [0.25, 0.3) is 0 Å². The predicted molar refractivity (Wildman–Crippen MR) is 28.2 cm³/mol. The fraction of sp³-hybridized carbons (Fsp3) is 0.600. The summed E-state index contributed by atoms with van der Waals surface area (Å²) >= 11 is 0. The smallest absolute Gasteiger partial charge is 0.331 e. The van der Waals surface area contributed by atoms with Crippen molar-refractivity contribution in [1.29, 1.82) is 0 Å². The molecule has 0 spiro atoms. The van der Waals surface area contributed by atoms with Gasteiger partial charge in [-0.2, -0.15) is 0 Å². The van der Waals surface area contributed by atoms with Gasteiger partial charge in [0.2, 0.25) is 0 Å². The molecule has 0 aromatic heterocycles. The van der Waals surface area contributed by atoms with Crippen molar-refractivity contribution >= 4 is 11.9 Å². The molecule has 0 radical (unpaired) electrons. The normalized spacial score (nSPS) is 34.9. The van der Waals surface area contributed by atoms with Crippen molar-refractivity contribution in [2.24, 2.45) is 11.7 Å². The first-order valence-electron chi connectivity index (χ1n) is 2.64. The monoisotopic (exact) mass is 129 g/mol. The first-order valence-corrected chi connectivity index (χ1v) is 2.64. The van der Waals surface area contributed by atoms with E-state index in [-0.39, 0.29) is 0 Å². The maximum absolute atomic E-state index is 10.5. The molecule has 1 unspecified atom stereocenters. The topological polar surface area (TPSA) is 69.4 Å². The van der Waals surface area contributed by atoms with E-state index >= 15 is 0 Å². The SMILES string of the molecule is C[C@H]1C(=O)OC(=O)C1N. The average Bonchev–Trinajstić information content (AvgIpc) is 1.98. The van der Waals surface area contributed by atoms with E-state index in [1.807, 2.05) is 0 Å². The number of esters is 2. The molecule has 0 aliphatic carbocycles. The highest BCUT2D eigenvalue weighted by atomic mass is 16.6.